The monoisotopic (exact) mass is 259 g/mol. The molecule has 0 unspecified atom stereocenters. The zero-order chi connectivity index (χ0) is 10.7. The fourth-order valence-corrected chi connectivity index (χ4v) is 2.36. The normalized spacial score (nSPS) is 10.2. The largest absolute Gasteiger partial charge is 0.346 e. The molecule has 2 heterocycles. The van der Waals surface area contributed by atoms with Crippen LogP contribution in [0.1, 0.15) is 15.4 Å². The van der Waals surface area contributed by atoms with Crippen LogP contribution in [0.3, 0.4) is 0 Å². The van der Waals surface area contributed by atoms with Crippen molar-refractivity contribution in [2.75, 3.05) is 0 Å². The summed E-state index contributed by atoms with van der Waals surface area (Å²) in [6, 6.07) is 1.96. The second-order valence-corrected chi connectivity index (χ2v) is 5.01. The molecule has 0 fully saturated rings. The molecule has 2 aromatic rings. The summed E-state index contributed by atoms with van der Waals surface area (Å²) in [4.78, 5) is 11.5. The number of nitrogens with zero attached hydrogens (tertiary/aromatic N) is 2. The first kappa shape index (κ1) is 10.5. The average Bonchev–Trinajstić information content (AvgIpc) is 2.84. The molecule has 78 valence electrons. The maximum absolute atomic E-state index is 11.5. The maximum atomic E-state index is 11.5. The average molecular weight is 260 g/mol. The number of amides is 1. The van der Waals surface area contributed by atoms with Crippen molar-refractivity contribution < 1.29 is 4.79 Å². The summed E-state index contributed by atoms with van der Waals surface area (Å²) in [6.07, 6.45) is 0. The smallest absolute Gasteiger partial charge is 0.282 e. The van der Waals surface area contributed by atoms with E-state index in [9.17, 15) is 4.79 Å². The molecular formula is C8H6ClN3OS2. The van der Waals surface area contributed by atoms with E-state index in [1.165, 1.54) is 0 Å². The molecule has 0 atom stereocenters. The van der Waals surface area contributed by atoms with E-state index in [4.69, 9.17) is 11.6 Å². The number of rotatable bonds is 3. The molecule has 1 N–H and O–H groups in total. The predicted octanol–water partition coefficient (Wildman–Crippen LogP) is 2.18. The topological polar surface area (TPSA) is 54.9 Å². The molecule has 0 aliphatic carbocycles. The van der Waals surface area contributed by atoms with Gasteiger partial charge in [-0.25, -0.2) is 0 Å². The number of thiophene rings is 1. The summed E-state index contributed by atoms with van der Waals surface area (Å²) in [5.74, 6) is -0.245. The minimum atomic E-state index is -0.245. The number of nitrogens with one attached hydrogen (secondary N) is 1. The Labute approximate surface area is 98.9 Å². The Morgan fingerprint density at radius 3 is 3.00 bits per heavy atom. The molecule has 0 aliphatic heterocycles. The SMILES string of the molecule is O=C(NCc1ccsc1)c1nnc(Cl)s1. The van der Waals surface area contributed by atoms with Gasteiger partial charge in [0.05, 0.1) is 0 Å². The van der Waals surface area contributed by atoms with Crippen LogP contribution in [-0.2, 0) is 6.54 Å². The van der Waals surface area contributed by atoms with Crippen LogP contribution >= 0.6 is 34.3 Å². The first-order chi connectivity index (χ1) is 7.25. The molecule has 0 saturated carbocycles. The van der Waals surface area contributed by atoms with Crippen molar-refractivity contribution in [3.63, 3.8) is 0 Å². The second kappa shape index (κ2) is 4.69. The molecule has 1 amide bonds. The number of carbonyl (C=O) groups is 1. The Bertz CT molecular complexity index is 454. The third kappa shape index (κ3) is 2.74. The van der Waals surface area contributed by atoms with E-state index in [1.807, 2.05) is 16.8 Å². The molecule has 2 aromatic heterocycles. The number of aromatic nitrogens is 2. The van der Waals surface area contributed by atoms with Gasteiger partial charge in [-0.15, -0.1) is 10.2 Å². The van der Waals surface area contributed by atoms with Gasteiger partial charge in [-0.2, -0.15) is 11.3 Å². The lowest BCUT2D eigenvalue weighted by Crippen LogP contribution is -2.22. The fourth-order valence-electron chi connectivity index (χ4n) is 0.948. The summed E-state index contributed by atoms with van der Waals surface area (Å²) in [6.45, 7) is 0.500. The summed E-state index contributed by atoms with van der Waals surface area (Å²) in [5.41, 5.74) is 1.07. The molecular weight excluding hydrogens is 254 g/mol. The van der Waals surface area contributed by atoms with Gasteiger partial charge in [0.2, 0.25) is 9.47 Å². The third-order valence-corrected chi connectivity index (χ3v) is 3.38. The molecule has 0 spiro atoms. The Morgan fingerprint density at radius 1 is 1.53 bits per heavy atom. The van der Waals surface area contributed by atoms with E-state index >= 15 is 0 Å². The van der Waals surface area contributed by atoms with Crippen LogP contribution in [0.2, 0.25) is 4.47 Å². The summed E-state index contributed by atoms with van der Waals surface area (Å²) in [7, 11) is 0. The number of carbonyl (C=O) groups excluding carboxylic acids is 1. The lowest BCUT2D eigenvalue weighted by molar-refractivity contribution is 0.0950. The van der Waals surface area contributed by atoms with Crippen molar-refractivity contribution in [3.8, 4) is 0 Å². The van der Waals surface area contributed by atoms with Crippen molar-refractivity contribution >= 4 is 40.2 Å². The van der Waals surface area contributed by atoms with Crippen molar-refractivity contribution in [2.45, 2.75) is 6.54 Å². The van der Waals surface area contributed by atoms with Crippen molar-refractivity contribution in [1.29, 1.82) is 0 Å². The fraction of sp³-hybridized carbons (Fsp3) is 0.125. The molecule has 0 bridgehead atoms. The van der Waals surface area contributed by atoms with E-state index in [-0.39, 0.29) is 15.4 Å². The predicted molar refractivity (Wildman–Crippen MR) is 60.4 cm³/mol. The van der Waals surface area contributed by atoms with Gasteiger partial charge in [-0.1, -0.05) is 11.3 Å². The number of halogens is 1. The molecule has 0 saturated heterocycles. The van der Waals surface area contributed by atoms with Crippen molar-refractivity contribution in [1.82, 2.24) is 15.5 Å². The van der Waals surface area contributed by atoms with E-state index in [1.54, 1.807) is 11.3 Å². The quantitative estimate of drug-likeness (QED) is 0.919. The van der Waals surface area contributed by atoms with E-state index in [2.05, 4.69) is 15.5 Å². The van der Waals surface area contributed by atoms with Gasteiger partial charge >= 0.3 is 0 Å². The van der Waals surface area contributed by atoms with Crippen molar-refractivity contribution in [3.05, 3.63) is 31.9 Å². The van der Waals surface area contributed by atoms with Crippen LogP contribution in [0.15, 0.2) is 16.8 Å². The van der Waals surface area contributed by atoms with Gasteiger partial charge in [0.25, 0.3) is 5.91 Å². The van der Waals surface area contributed by atoms with Gasteiger partial charge in [0, 0.05) is 6.54 Å². The van der Waals surface area contributed by atoms with Crippen molar-refractivity contribution in [2.24, 2.45) is 0 Å². The van der Waals surface area contributed by atoms with Crippen LogP contribution in [0.5, 0.6) is 0 Å². The minimum Gasteiger partial charge on any atom is -0.346 e. The zero-order valence-corrected chi connectivity index (χ0v) is 9.83. The molecule has 0 radical (unpaired) electrons. The van der Waals surface area contributed by atoms with Gasteiger partial charge in [-0.05, 0) is 34.0 Å². The van der Waals surface area contributed by atoms with Gasteiger partial charge in [0.15, 0.2) is 0 Å². The van der Waals surface area contributed by atoms with Gasteiger partial charge in [-0.3, -0.25) is 4.79 Å². The van der Waals surface area contributed by atoms with Gasteiger partial charge < -0.3 is 5.32 Å². The van der Waals surface area contributed by atoms with E-state index < -0.39 is 0 Å². The summed E-state index contributed by atoms with van der Waals surface area (Å²) in [5, 5.41) is 14.2. The van der Waals surface area contributed by atoms with Crippen LogP contribution in [0, 0.1) is 0 Å². The van der Waals surface area contributed by atoms with Crippen LogP contribution in [-0.4, -0.2) is 16.1 Å². The first-order valence-electron chi connectivity index (χ1n) is 4.04. The highest BCUT2D eigenvalue weighted by atomic mass is 35.5. The molecule has 7 heteroatoms. The Hall–Kier alpha value is -0.980. The summed E-state index contributed by atoms with van der Waals surface area (Å²) >= 11 is 8.23. The van der Waals surface area contributed by atoms with Crippen LogP contribution in [0.4, 0.5) is 0 Å². The molecule has 2 rings (SSSR count). The molecule has 0 aromatic carbocycles. The number of hydrogen-bond acceptors (Lipinski definition) is 5. The highest BCUT2D eigenvalue weighted by Gasteiger charge is 2.11. The Kier molecular flexibility index (Phi) is 3.30. The van der Waals surface area contributed by atoms with E-state index in [0.29, 0.717) is 6.54 Å². The first-order valence-corrected chi connectivity index (χ1v) is 6.18. The van der Waals surface area contributed by atoms with E-state index in [0.717, 1.165) is 16.9 Å². The van der Waals surface area contributed by atoms with Gasteiger partial charge in [0.1, 0.15) is 0 Å². The third-order valence-electron chi connectivity index (χ3n) is 1.63. The zero-order valence-electron chi connectivity index (χ0n) is 7.44. The molecule has 15 heavy (non-hydrogen) atoms. The van der Waals surface area contributed by atoms with Crippen LogP contribution < -0.4 is 5.32 Å². The summed E-state index contributed by atoms with van der Waals surface area (Å²) < 4.78 is 0.274. The second-order valence-electron chi connectivity index (χ2n) is 2.67. The molecule has 0 aliphatic rings. The number of hydrogen-bond donors (Lipinski definition) is 1. The maximum Gasteiger partial charge on any atom is 0.282 e. The highest BCUT2D eigenvalue weighted by Crippen LogP contribution is 2.14. The molecule has 4 nitrogen and oxygen atoms in total. The minimum absolute atomic E-state index is 0.245. The standard InChI is InChI=1S/C8H6ClN3OS2/c9-8-12-11-7(15-8)6(13)10-3-5-1-2-14-4-5/h1-2,4H,3H2,(H,10,13). The highest BCUT2D eigenvalue weighted by molar-refractivity contribution is 7.17. The Balaban J connectivity index is 1.93. The lowest BCUT2D eigenvalue weighted by atomic mass is 10.3. The Morgan fingerprint density at radius 2 is 2.40 bits per heavy atom. The lowest BCUT2D eigenvalue weighted by Gasteiger charge is -1.99. The van der Waals surface area contributed by atoms with Crippen LogP contribution in [0.25, 0.3) is 0 Å².